The van der Waals surface area contributed by atoms with Gasteiger partial charge in [0.05, 0.1) is 11.6 Å². The SMILES string of the molecule is CCCCn1c(C(=O)N2CCN(C(=O)c3ccco3)CC2)cc2c(=O)n(C)c(=O)n(C)c21. The van der Waals surface area contributed by atoms with Crippen LogP contribution < -0.4 is 11.2 Å². The summed E-state index contributed by atoms with van der Waals surface area (Å²) >= 11 is 0. The average molecular weight is 441 g/mol. The Hall–Kier alpha value is -3.56. The van der Waals surface area contributed by atoms with Gasteiger partial charge in [0.25, 0.3) is 17.4 Å². The number of piperazine rings is 1. The minimum Gasteiger partial charge on any atom is -0.459 e. The van der Waals surface area contributed by atoms with Crippen molar-refractivity contribution in [2.75, 3.05) is 26.2 Å². The first kappa shape index (κ1) is 21.7. The van der Waals surface area contributed by atoms with Crippen LogP contribution in [0.15, 0.2) is 38.5 Å². The number of fused-ring (bicyclic) bond motifs is 1. The molecule has 4 rings (SSSR count). The summed E-state index contributed by atoms with van der Waals surface area (Å²) in [4.78, 5) is 54.5. The Labute approximate surface area is 184 Å². The zero-order valence-corrected chi connectivity index (χ0v) is 18.5. The number of carbonyl (C=O) groups excluding carboxylic acids is 2. The molecule has 1 fully saturated rings. The van der Waals surface area contributed by atoms with Crippen LogP contribution >= 0.6 is 0 Å². The zero-order chi connectivity index (χ0) is 23.0. The van der Waals surface area contributed by atoms with Gasteiger partial charge in [-0.15, -0.1) is 0 Å². The lowest BCUT2D eigenvalue weighted by molar-refractivity contribution is 0.0513. The van der Waals surface area contributed by atoms with Gasteiger partial charge in [-0.2, -0.15) is 0 Å². The smallest absolute Gasteiger partial charge is 0.332 e. The van der Waals surface area contributed by atoms with Crippen molar-refractivity contribution in [3.8, 4) is 0 Å². The van der Waals surface area contributed by atoms with Crippen LogP contribution in [0.4, 0.5) is 0 Å². The molecule has 0 spiro atoms. The number of hydrogen-bond donors (Lipinski definition) is 0. The van der Waals surface area contributed by atoms with Gasteiger partial charge in [0.2, 0.25) is 0 Å². The van der Waals surface area contributed by atoms with Crippen molar-refractivity contribution in [3.05, 3.63) is 56.8 Å². The van der Waals surface area contributed by atoms with E-state index in [1.165, 1.54) is 17.9 Å². The van der Waals surface area contributed by atoms with Crippen LogP contribution in [0.25, 0.3) is 11.0 Å². The summed E-state index contributed by atoms with van der Waals surface area (Å²) in [6.07, 6.45) is 3.16. The van der Waals surface area contributed by atoms with Gasteiger partial charge in [-0.05, 0) is 24.6 Å². The molecule has 170 valence electrons. The standard InChI is InChI=1S/C22H27N5O5/c1-4-5-8-27-16(14-15-18(27)23(2)22(31)24(3)19(15)28)20(29)25-9-11-26(12-10-25)21(30)17-7-6-13-32-17/h6-7,13-14H,4-5,8-12H2,1-3H3. The molecule has 0 radical (unpaired) electrons. The van der Waals surface area contributed by atoms with Crippen molar-refractivity contribution in [1.82, 2.24) is 23.5 Å². The third-order valence-corrected chi connectivity index (χ3v) is 6.04. The minimum atomic E-state index is -0.428. The van der Waals surface area contributed by atoms with E-state index in [1.807, 2.05) is 6.92 Å². The maximum atomic E-state index is 13.4. The first-order valence-electron chi connectivity index (χ1n) is 10.8. The van der Waals surface area contributed by atoms with Gasteiger partial charge >= 0.3 is 5.69 Å². The Morgan fingerprint density at radius 1 is 1.00 bits per heavy atom. The Bertz CT molecular complexity index is 1270. The molecule has 0 N–H and O–H groups in total. The number of carbonyl (C=O) groups is 2. The van der Waals surface area contributed by atoms with Gasteiger partial charge in [-0.3, -0.25) is 23.5 Å². The van der Waals surface area contributed by atoms with Crippen LogP contribution in [0.5, 0.6) is 0 Å². The molecule has 0 unspecified atom stereocenters. The molecule has 32 heavy (non-hydrogen) atoms. The van der Waals surface area contributed by atoms with Crippen LogP contribution in [-0.2, 0) is 20.6 Å². The summed E-state index contributed by atoms with van der Waals surface area (Å²) in [6.45, 7) is 4.09. The van der Waals surface area contributed by atoms with Crippen LogP contribution in [0, 0.1) is 0 Å². The third-order valence-electron chi connectivity index (χ3n) is 6.04. The number of aromatic nitrogens is 3. The number of rotatable bonds is 5. The summed E-state index contributed by atoms with van der Waals surface area (Å²) in [5, 5.41) is 0.348. The number of aryl methyl sites for hydroxylation is 2. The van der Waals surface area contributed by atoms with E-state index in [-0.39, 0.29) is 17.6 Å². The molecule has 1 saturated heterocycles. The summed E-state index contributed by atoms with van der Waals surface area (Å²) in [7, 11) is 3.05. The molecule has 0 saturated carbocycles. The van der Waals surface area contributed by atoms with E-state index in [1.54, 1.807) is 39.6 Å². The minimum absolute atomic E-state index is 0.197. The molecule has 0 atom stereocenters. The molecule has 4 heterocycles. The molecule has 1 aliphatic heterocycles. The predicted molar refractivity (Wildman–Crippen MR) is 118 cm³/mol. The maximum Gasteiger partial charge on any atom is 0.332 e. The quantitative estimate of drug-likeness (QED) is 0.588. The molecule has 3 aromatic heterocycles. The molecule has 2 amide bonds. The Balaban J connectivity index is 1.64. The lowest BCUT2D eigenvalue weighted by atomic mass is 10.2. The van der Waals surface area contributed by atoms with E-state index in [4.69, 9.17) is 4.42 Å². The highest BCUT2D eigenvalue weighted by Gasteiger charge is 2.29. The van der Waals surface area contributed by atoms with E-state index in [9.17, 15) is 19.2 Å². The number of nitrogens with zero attached hydrogens (tertiary/aromatic N) is 5. The van der Waals surface area contributed by atoms with Gasteiger partial charge < -0.3 is 18.8 Å². The second-order valence-electron chi connectivity index (χ2n) is 8.04. The van der Waals surface area contributed by atoms with Crippen LogP contribution in [-0.4, -0.2) is 61.5 Å². The second-order valence-corrected chi connectivity index (χ2v) is 8.04. The Kier molecular flexibility index (Phi) is 5.77. The van der Waals surface area contributed by atoms with Crippen molar-refractivity contribution in [1.29, 1.82) is 0 Å². The van der Waals surface area contributed by atoms with Crippen molar-refractivity contribution < 1.29 is 14.0 Å². The summed E-state index contributed by atoms with van der Waals surface area (Å²) in [5.41, 5.74) is 0.00255. The molecule has 0 bridgehead atoms. The number of hydrogen-bond acceptors (Lipinski definition) is 5. The van der Waals surface area contributed by atoms with E-state index in [0.29, 0.717) is 49.5 Å². The first-order valence-corrected chi connectivity index (χ1v) is 10.8. The Morgan fingerprint density at radius 2 is 1.66 bits per heavy atom. The van der Waals surface area contributed by atoms with E-state index >= 15 is 0 Å². The topological polar surface area (TPSA) is 103 Å². The molecule has 0 aromatic carbocycles. The molecule has 1 aliphatic rings. The molecule has 0 aliphatic carbocycles. The Morgan fingerprint density at radius 3 is 2.25 bits per heavy atom. The van der Waals surface area contributed by atoms with Crippen molar-refractivity contribution in [2.24, 2.45) is 14.1 Å². The summed E-state index contributed by atoms with van der Waals surface area (Å²) in [6, 6.07) is 4.88. The zero-order valence-electron chi connectivity index (χ0n) is 18.5. The number of unbranched alkanes of at least 4 members (excludes halogenated alkanes) is 1. The van der Waals surface area contributed by atoms with E-state index in [0.717, 1.165) is 17.4 Å². The predicted octanol–water partition coefficient (Wildman–Crippen LogP) is 1.03. The van der Waals surface area contributed by atoms with Crippen LogP contribution in [0.1, 0.15) is 40.8 Å². The van der Waals surface area contributed by atoms with Crippen molar-refractivity contribution in [3.63, 3.8) is 0 Å². The van der Waals surface area contributed by atoms with Gasteiger partial charge in [0.15, 0.2) is 5.76 Å². The fourth-order valence-electron chi connectivity index (χ4n) is 4.19. The molecule has 10 heteroatoms. The highest BCUT2D eigenvalue weighted by Crippen LogP contribution is 2.20. The summed E-state index contributed by atoms with van der Waals surface area (Å²) < 4.78 is 9.44. The lowest BCUT2D eigenvalue weighted by Crippen LogP contribution is -2.50. The summed E-state index contributed by atoms with van der Waals surface area (Å²) in [5.74, 6) is -0.129. The first-order chi connectivity index (χ1) is 15.3. The number of amides is 2. The molecule has 3 aromatic rings. The highest BCUT2D eigenvalue weighted by atomic mass is 16.3. The average Bonchev–Trinajstić information content (AvgIpc) is 3.47. The highest BCUT2D eigenvalue weighted by molar-refractivity contribution is 5.98. The maximum absolute atomic E-state index is 13.4. The van der Waals surface area contributed by atoms with E-state index < -0.39 is 11.2 Å². The van der Waals surface area contributed by atoms with Gasteiger partial charge in [-0.1, -0.05) is 13.3 Å². The fraction of sp³-hybridized carbons (Fsp3) is 0.455. The van der Waals surface area contributed by atoms with E-state index in [2.05, 4.69) is 0 Å². The molecular weight excluding hydrogens is 414 g/mol. The molecule has 10 nitrogen and oxygen atoms in total. The van der Waals surface area contributed by atoms with Crippen LogP contribution in [0.3, 0.4) is 0 Å². The largest absolute Gasteiger partial charge is 0.459 e. The molecular formula is C22H27N5O5. The van der Waals surface area contributed by atoms with Crippen molar-refractivity contribution >= 4 is 22.8 Å². The van der Waals surface area contributed by atoms with Gasteiger partial charge in [0, 0.05) is 46.8 Å². The number of furan rings is 1. The second kappa shape index (κ2) is 8.52. The van der Waals surface area contributed by atoms with Crippen LogP contribution in [0.2, 0.25) is 0 Å². The monoisotopic (exact) mass is 441 g/mol. The van der Waals surface area contributed by atoms with Gasteiger partial charge in [-0.25, -0.2) is 4.79 Å². The lowest BCUT2D eigenvalue weighted by Gasteiger charge is -2.34. The normalized spacial score (nSPS) is 14.3. The fourth-order valence-corrected chi connectivity index (χ4v) is 4.19. The third kappa shape index (κ3) is 3.55. The van der Waals surface area contributed by atoms with Crippen molar-refractivity contribution in [2.45, 2.75) is 26.3 Å². The van der Waals surface area contributed by atoms with Gasteiger partial charge in [0.1, 0.15) is 11.3 Å².